The highest BCUT2D eigenvalue weighted by Gasteiger charge is 2.36. The second-order valence-corrected chi connectivity index (χ2v) is 9.44. The molecule has 12 heteroatoms. The van der Waals surface area contributed by atoms with Crippen molar-refractivity contribution >= 4 is 33.2 Å². The maximum Gasteiger partial charge on any atom is 0.333 e. The first kappa shape index (κ1) is 23.4. The van der Waals surface area contributed by atoms with E-state index in [-0.39, 0.29) is 20.1 Å². The van der Waals surface area contributed by atoms with Crippen LogP contribution in [0.1, 0.15) is 25.8 Å². The van der Waals surface area contributed by atoms with E-state index in [4.69, 9.17) is 9.88 Å². The number of aromatic nitrogens is 4. The zero-order valence-corrected chi connectivity index (χ0v) is 17.7. The van der Waals surface area contributed by atoms with Crippen LogP contribution in [-0.4, -0.2) is 52.3 Å². The summed E-state index contributed by atoms with van der Waals surface area (Å²) in [6, 6.07) is 8.07. The highest BCUT2D eigenvalue weighted by atomic mass is 32.2. The molecule has 0 saturated heterocycles. The van der Waals surface area contributed by atoms with Crippen LogP contribution >= 0.6 is 11.8 Å². The molecule has 1 aliphatic rings. The summed E-state index contributed by atoms with van der Waals surface area (Å²) in [6.45, 7) is 1.83. The number of aliphatic hydroxyl groups is 1. The molecule has 3 aromatic rings. The summed E-state index contributed by atoms with van der Waals surface area (Å²) in [7, 11) is -4.05. The van der Waals surface area contributed by atoms with Gasteiger partial charge in [0.25, 0.3) is 0 Å². The first-order chi connectivity index (χ1) is 14.3. The van der Waals surface area contributed by atoms with E-state index in [1.54, 1.807) is 0 Å². The van der Waals surface area contributed by atoms with Crippen molar-refractivity contribution in [1.29, 1.82) is 0 Å². The Hall–Kier alpha value is -2.25. The molecule has 0 bridgehead atoms. The number of aryl methyl sites for hydroxylation is 1. The number of nitrogens with two attached hydrogens (primary N) is 1. The Morgan fingerprint density at radius 1 is 1.32 bits per heavy atom. The molecule has 0 radical (unpaired) electrons. The molecule has 1 fully saturated rings. The monoisotopic (exact) mass is 467 g/mol. The molecule has 0 amide bonds. The Labute approximate surface area is 184 Å². The van der Waals surface area contributed by atoms with E-state index in [9.17, 15) is 13.5 Å². The molecule has 3 atom stereocenters. The number of aromatic amines is 1. The number of benzene rings is 1. The van der Waals surface area contributed by atoms with Gasteiger partial charge in [-0.25, -0.2) is 15.1 Å². The number of nitrogens with zero attached hydrogens (tertiary/aromatic N) is 3. The molecule has 168 valence electrons. The lowest BCUT2D eigenvalue weighted by atomic mass is 10.1. The number of aliphatic hydroxyl groups excluding tert-OH is 1. The van der Waals surface area contributed by atoms with E-state index >= 15 is 0 Å². The molecular formula is C19H25N5O5S2. The molecule has 2 heterocycles. The smallest absolute Gasteiger partial charge is 0.333 e. The van der Waals surface area contributed by atoms with E-state index in [0.717, 1.165) is 10.5 Å². The standard InChI is InChI=1S/C18H21N5O5S2.CH4/c1-10-3-2-4-13(5-10)29-18-22-15-16(23-18)20-9-21-17(15)28-12-6-11(14(24)7-12)8-27-30(19,25)26;/h2-5,9,11-12,14,24H,6-8H2,1H3,(H2,19,25,26)(H,20,21,22,23);1H4/t11-,12+,14-;/m0./s1. The summed E-state index contributed by atoms with van der Waals surface area (Å²) < 4.78 is 32.5. The number of imidazole rings is 1. The van der Waals surface area contributed by atoms with Gasteiger partial charge in [-0.05, 0) is 25.5 Å². The number of ether oxygens (including phenoxy) is 1. The summed E-state index contributed by atoms with van der Waals surface area (Å²) in [5.41, 5.74) is 2.19. The lowest BCUT2D eigenvalue weighted by Gasteiger charge is -2.13. The average molecular weight is 468 g/mol. The average Bonchev–Trinajstić information content (AvgIpc) is 3.22. The molecule has 2 aromatic heterocycles. The van der Waals surface area contributed by atoms with Gasteiger partial charge in [-0.1, -0.05) is 36.9 Å². The molecule has 4 rings (SSSR count). The number of rotatable bonds is 7. The molecular weight excluding hydrogens is 442 g/mol. The van der Waals surface area contributed by atoms with Gasteiger partial charge in [-0.15, -0.1) is 0 Å². The van der Waals surface area contributed by atoms with Gasteiger partial charge in [0.05, 0.1) is 12.7 Å². The Morgan fingerprint density at radius 2 is 2.13 bits per heavy atom. The molecule has 0 spiro atoms. The lowest BCUT2D eigenvalue weighted by Crippen LogP contribution is -2.24. The third-order valence-electron chi connectivity index (χ3n) is 4.77. The van der Waals surface area contributed by atoms with Crippen molar-refractivity contribution in [2.24, 2.45) is 11.1 Å². The number of fused-ring (bicyclic) bond motifs is 1. The number of hydrogen-bond acceptors (Lipinski definition) is 9. The summed E-state index contributed by atoms with van der Waals surface area (Å²) in [6.07, 6.45) is 0.975. The van der Waals surface area contributed by atoms with E-state index in [1.165, 1.54) is 18.1 Å². The van der Waals surface area contributed by atoms with Gasteiger partial charge in [0, 0.05) is 17.2 Å². The largest absolute Gasteiger partial charge is 0.473 e. The quantitative estimate of drug-likeness (QED) is 0.474. The number of nitrogens with one attached hydrogen (secondary N) is 1. The highest BCUT2D eigenvalue weighted by Crippen LogP contribution is 2.33. The molecule has 1 saturated carbocycles. The van der Waals surface area contributed by atoms with Crippen molar-refractivity contribution in [3.05, 3.63) is 36.2 Å². The third kappa shape index (κ3) is 5.92. The summed E-state index contributed by atoms with van der Waals surface area (Å²) in [5.74, 6) is -0.0753. The topological polar surface area (TPSA) is 153 Å². The van der Waals surface area contributed by atoms with Crippen LogP contribution in [0, 0.1) is 12.8 Å². The minimum Gasteiger partial charge on any atom is -0.473 e. The first-order valence-electron chi connectivity index (χ1n) is 9.24. The summed E-state index contributed by atoms with van der Waals surface area (Å²) >= 11 is 1.47. The van der Waals surface area contributed by atoms with Crippen LogP contribution in [-0.2, 0) is 14.5 Å². The van der Waals surface area contributed by atoms with Crippen LogP contribution in [0.2, 0.25) is 0 Å². The maximum absolute atomic E-state index is 11.0. The van der Waals surface area contributed by atoms with Crippen LogP contribution < -0.4 is 9.88 Å². The van der Waals surface area contributed by atoms with Gasteiger partial charge >= 0.3 is 10.3 Å². The predicted octanol–water partition coefficient (Wildman–Crippen LogP) is 2.19. The Bertz CT molecular complexity index is 1150. The second kappa shape index (κ2) is 9.49. The fourth-order valence-corrected chi connectivity index (χ4v) is 4.65. The third-order valence-corrected chi connectivity index (χ3v) is 6.12. The van der Waals surface area contributed by atoms with Gasteiger partial charge in [-0.3, -0.25) is 4.18 Å². The van der Waals surface area contributed by atoms with Gasteiger partial charge in [-0.2, -0.15) is 13.4 Å². The zero-order chi connectivity index (χ0) is 21.3. The Morgan fingerprint density at radius 3 is 2.87 bits per heavy atom. The second-order valence-electron chi connectivity index (χ2n) is 7.15. The van der Waals surface area contributed by atoms with Crippen molar-refractivity contribution in [3.8, 4) is 5.88 Å². The summed E-state index contributed by atoms with van der Waals surface area (Å²) in [4.78, 5) is 17.1. The Balaban J connectivity index is 0.00000272. The van der Waals surface area contributed by atoms with E-state index in [1.807, 2.05) is 25.1 Å². The van der Waals surface area contributed by atoms with Crippen molar-refractivity contribution in [1.82, 2.24) is 19.9 Å². The van der Waals surface area contributed by atoms with E-state index < -0.39 is 22.3 Å². The van der Waals surface area contributed by atoms with Crippen LogP contribution in [0.4, 0.5) is 0 Å². The van der Waals surface area contributed by atoms with Crippen LogP contribution in [0.3, 0.4) is 0 Å². The van der Waals surface area contributed by atoms with Crippen molar-refractivity contribution in [3.63, 3.8) is 0 Å². The van der Waals surface area contributed by atoms with E-state index in [0.29, 0.717) is 35.0 Å². The lowest BCUT2D eigenvalue weighted by molar-refractivity contribution is 0.0986. The molecule has 1 aromatic carbocycles. The molecule has 10 nitrogen and oxygen atoms in total. The van der Waals surface area contributed by atoms with Crippen molar-refractivity contribution in [2.75, 3.05) is 6.61 Å². The first-order valence-corrected chi connectivity index (χ1v) is 11.5. The van der Waals surface area contributed by atoms with Crippen molar-refractivity contribution < 1.29 is 22.4 Å². The molecule has 1 aliphatic carbocycles. The van der Waals surface area contributed by atoms with Crippen LogP contribution in [0.15, 0.2) is 40.6 Å². The predicted molar refractivity (Wildman–Crippen MR) is 116 cm³/mol. The highest BCUT2D eigenvalue weighted by molar-refractivity contribution is 7.99. The maximum atomic E-state index is 11.0. The normalized spacial score (nSPS) is 21.2. The minimum absolute atomic E-state index is 0. The molecule has 4 N–H and O–H groups in total. The summed E-state index contributed by atoms with van der Waals surface area (Å²) in [5, 5.41) is 15.7. The minimum atomic E-state index is -4.05. The zero-order valence-electron chi connectivity index (χ0n) is 16.1. The fraction of sp³-hybridized carbons (Fsp3) is 0.421. The number of H-pyrrole nitrogens is 1. The van der Waals surface area contributed by atoms with Gasteiger partial charge in [0.15, 0.2) is 10.8 Å². The molecule has 31 heavy (non-hydrogen) atoms. The van der Waals surface area contributed by atoms with Crippen molar-refractivity contribution in [2.45, 2.75) is 49.5 Å². The van der Waals surface area contributed by atoms with Crippen LogP contribution in [0.25, 0.3) is 11.2 Å². The number of hydrogen-bond donors (Lipinski definition) is 3. The van der Waals surface area contributed by atoms with E-state index in [2.05, 4.69) is 30.2 Å². The van der Waals surface area contributed by atoms with Gasteiger partial charge in [0.2, 0.25) is 5.88 Å². The fourth-order valence-electron chi connectivity index (χ4n) is 3.38. The van der Waals surface area contributed by atoms with Gasteiger partial charge in [0.1, 0.15) is 17.9 Å². The molecule has 0 aliphatic heterocycles. The molecule has 0 unspecified atom stereocenters. The van der Waals surface area contributed by atoms with Gasteiger partial charge < -0.3 is 14.8 Å². The van der Waals surface area contributed by atoms with Crippen LogP contribution in [0.5, 0.6) is 5.88 Å². The SMILES string of the molecule is C.Cc1cccc(Sc2nc3ncnc(O[C@@H]4C[C@@H](COS(N)(=O)=O)[C@@H](O)C4)c3[nH]2)c1. The Kier molecular flexibility index (Phi) is 7.17.